The molecule has 0 radical (unpaired) electrons. The van der Waals surface area contributed by atoms with Gasteiger partial charge in [-0.15, -0.1) is 0 Å². The molecule has 2 aliphatic heterocycles. The standard InChI is InChI=1S/C20H23ClN4O2/c21-15-3-5-16(6-4-15)27-17-8-13-24(14-9-17)19(26)18-7-10-22-20(23-18)25-11-1-2-12-25/h3-7,10,17H,1-2,8-9,11-14H2. The van der Waals surface area contributed by atoms with Crippen LogP contribution in [0.4, 0.5) is 5.95 Å². The number of aromatic nitrogens is 2. The summed E-state index contributed by atoms with van der Waals surface area (Å²) in [6.07, 6.45) is 5.72. The minimum Gasteiger partial charge on any atom is -0.490 e. The molecule has 0 aliphatic carbocycles. The van der Waals surface area contributed by atoms with E-state index in [4.69, 9.17) is 16.3 Å². The topological polar surface area (TPSA) is 58.6 Å². The molecule has 0 atom stereocenters. The number of piperidine rings is 1. The quantitative estimate of drug-likeness (QED) is 0.805. The number of likely N-dealkylation sites (tertiary alicyclic amines) is 1. The Kier molecular flexibility index (Phi) is 5.43. The Morgan fingerprint density at radius 2 is 1.74 bits per heavy atom. The first-order valence-electron chi connectivity index (χ1n) is 9.48. The van der Waals surface area contributed by atoms with Gasteiger partial charge in [-0.3, -0.25) is 4.79 Å². The van der Waals surface area contributed by atoms with E-state index in [0.717, 1.165) is 44.5 Å². The molecule has 2 aliphatic rings. The number of carbonyl (C=O) groups is 1. The summed E-state index contributed by atoms with van der Waals surface area (Å²) in [5.41, 5.74) is 0.476. The normalized spacial score (nSPS) is 18.0. The van der Waals surface area contributed by atoms with Crippen LogP contribution in [0.15, 0.2) is 36.5 Å². The lowest BCUT2D eigenvalue weighted by atomic mass is 10.1. The van der Waals surface area contributed by atoms with Crippen LogP contribution in [0.3, 0.4) is 0 Å². The van der Waals surface area contributed by atoms with Gasteiger partial charge >= 0.3 is 0 Å². The van der Waals surface area contributed by atoms with Crippen LogP contribution < -0.4 is 9.64 Å². The molecular formula is C20H23ClN4O2. The highest BCUT2D eigenvalue weighted by Crippen LogP contribution is 2.22. The number of halogens is 1. The van der Waals surface area contributed by atoms with Crippen LogP contribution in [-0.2, 0) is 0 Å². The van der Waals surface area contributed by atoms with Gasteiger partial charge in [-0.1, -0.05) is 11.6 Å². The molecule has 0 saturated carbocycles. The van der Waals surface area contributed by atoms with Crippen molar-refractivity contribution in [3.8, 4) is 5.75 Å². The van der Waals surface area contributed by atoms with E-state index < -0.39 is 0 Å². The van der Waals surface area contributed by atoms with Gasteiger partial charge in [-0.25, -0.2) is 9.97 Å². The smallest absolute Gasteiger partial charge is 0.272 e. The zero-order valence-electron chi connectivity index (χ0n) is 15.2. The zero-order chi connectivity index (χ0) is 18.6. The summed E-state index contributed by atoms with van der Waals surface area (Å²) >= 11 is 5.91. The molecule has 0 N–H and O–H groups in total. The Labute approximate surface area is 164 Å². The summed E-state index contributed by atoms with van der Waals surface area (Å²) in [5.74, 6) is 1.46. The summed E-state index contributed by atoms with van der Waals surface area (Å²) in [6.45, 7) is 3.26. The number of hydrogen-bond donors (Lipinski definition) is 0. The lowest BCUT2D eigenvalue weighted by Crippen LogP contribution is -2.42. The van der Waals surface area contributed by atoms with Crippen LogP contribution in [0.2, 0.25) is 5.02 Å². The Balaban J connectivity index is 1.34. The minimum absolute atomic E-state index is 0.0252. The number of anilines is 1. The number of amides is 1. The van der Waals surface area contributed by atoms with E-state index in [9.17, 15) is 4.79 Å². The van der Waals surface area contributed by atoms with Gasteiger partial charge in [0.15, 0.2) is 0 Å². The predicted molar refractivity (Wildman–Crippen MR) is 104 cm³/mol. The van der Waals surface area contributed by atoms with Crippen molar-refractivity contribution in [3.05, 3.63) is 47.2 Å². The van der Waals surface area contributed by atoms with Crippen LogP contribution in [-0.4, -0.2) is 53.1 Å². The molecule has 7 heteroatoms. The highest BCUT2D eigenvalue weighted by Gasteiger charge is 2.26. The van der Waals surface area contributed by atoms with Crippen LogP contribution in [0.1, 0.15) is 36.2 Å². The van der Waals surface area contributed by atoms with E-state index in [0.29, 0.717) is 29.8 Å². The third kappa shape index (κ3) is 4.33. The molecule has 6 nitrogen and oxygen atoms in total. The fraction of sp³-hybridized carbons (Fsp3) is 0.450. The first-order chi connectivity index (χ1) is 13.2. The average molecular weight is 387 g/mol. The molecule has 0 bridgehead atoms. The molecule has 3 heterocycles. The summed E-state index contributed by atoms with van der Waals surface area (Å²) in [5, 5.41) is 0.695. The van der Waals surface area contributed by atoms with Crippen molar-refractivity contribution in [3.63, 3.8) is 0 Å². The average Bonchev–Trinajstić information content (AvgIpc) is 3.25. The van der Waals surface area contributed by atoms with E-state index in [1.54, 1.807) is 12.3 Å². The number of rotatable bonds is 4. The number of ether oxygens (including phenoxy) is 1. The highest BCUT2D eigenvalue weighted by atomic mass is 35.5. The second-order valence-electron chi connectivity index (χ2n) is 7.00. The van der Waals surface area contributed by atoms with Gasteiger partial charge in [-0.2, -0.15) is 0 Å². The largest absolute Gasteiger partial charge is 0.490 e. The molecule has 27 heavy (non-hydrogen) atoms. The lowest BCUT2D eigenvalue weighted by molar-refractivity contribution is 0.0590. The third-order valence-electron chi connectivity index (χ3n) is 5.10. The summed E-state index contributed by atoms with van der Waals surface area (Å²) < 4.78 is 6.00. The molecular weight excluding hydrogens is 364 g/mol. The maximum atomic E-state index is 12.8. The maximum Gasteiger partial charge on any atom is 0.272 e. The lowest BCUT2D eigenvalue weighted by Gasteiger charge is -2.32. The maximum absolute atomic E-state index is 12.8. The molecule has 1 aromatic heterocycles. The number of benzene rings is 1. The van der Waals surface area contributed by atoms with Crippen molar-refractivity contribution in [1.29, 1.82) is 0 Å². The van der Waals surface area contributed by atoms with Crippen LogP contribution in [0, 0.1) is 0 Å². The van der Waals surface area contributed by atoms with E-state index in [-0.39, 0.29) is 12.0 Å². The van der Waals surface area contributed by atoms with Crippen molar-refractivity contribution in [2.45, 2.75) is 31.8 Å². The summed E-state index contributed by atoms with van der Waals surface area (Å²) in [4.78, 5) is 25.7. The van der Waals surface area contributed by atoms with E-state index >= 15 is 0 Å². The fourth-order valence-electron chi connectivity index (χ4n) is 3.58. The third-order valence-corrected chi connectivity index (χ3v) is 5.35. The zero-order valence-corrected chi connectivity index (χ0v) is 15.9. The number of nitrogens with zero attached hydrogens (tertiary/aromatic N) is 4. The van der Waals surface area contributed by atoms with Gasteiger partial charge in [-0.05, 0) is 43.2 Å². The first kappa shape index (κ1) is 18.0. The fourth-order valence-corrected chi connectivity index (χ4v) is 3.71. The molecule has 2 aromatic rings. The molecule has 2 fully saturated rings. The Morgan fingerprint density at radius 1 is 1.04 bits per heavy atom. The monoisotopic (exact) mass is 386 g/mol. The molecule has 0 spiro atoms. The van der Waals surface area contributed by atoms with E-state index in [1.807, 2.05) is 29.2 Å². The molecule has 4 rings (SSSR count). The van der Waals surface area contributed by atoms with Gasteiger partial charge in [0.1, 0.15) is 17.5 Å². The van der Waals surface area contributed by atoms with Gasteiger partial charge in [0.05, 0.1) is 0 Å². The summed E-state index contributed by atoms with van der Waals surface area (Å²) in [6, 6.07) is 9.10. The Bertz CT molecular complexity index is 785. The molecule has 2 saturated heterocycles. The number of hydrogen-bond acceptors (Lipinski definition) is 5. The second kappa shape index (κ2) is 8.13. The highest BCUT2D eigenvalue weighted by molar-refractivity contribution is 6.30. The minimum atomic E-state index is -0.0252. The summed E-state index contributed by atoms with van der Waals surface area (Å²) in [7, 11) is 0. The predicted octanol–water partition coefficient (Wildman–Crippen LogP) is 3.41. The second-order valence-corrected chi connectivity index (χ2v) is 7.44. The Morgan fingerprint density at radius 3 is 2.44 bits per heavy atom. The van der Waals surface area contributed by atoms with Crippen molar-refractivity contribution in [2.24, 2.45) is 0 Å². The molecule has 142 valence electrons. The molecule has 1 amide bonds. The van der Waals surface area contributed by atoms with Gasteiger partial charge in [0.2, 0.25) is 5.95 Å². The number of carbonyl (C=O) groups excluding carboxylic acids is 1. The Hall–Kier alpha value is -2.34. The molecule has 1 aromatic carbocycles. The van der Waals surface area contributed by atoms with Gasteiger partial charge < -0.3 is 14.5 Å². The first-order valence-corrected chi connectivity index (χ1v) is 9.86. The van der Waals surface area contributed by atoms with Crippen molar-refractivity contribution >= 4 is 23.5 Å². The van der Waals surface area contributed by atoms with Crippen molar-refractivity contribution < 1.29 is 9.53 Å². The van der Waals surface area contributed by atoms with Crippen LogP contribution in [0.25, 0.3) is 0 Å². The van der Waals surface area contributed by atoms with Crippen molar-refractivity contribution in [2.75, 3.05) is 31.1 Å². The van der Waals surface area contributed by atoms with Crippen LogP contribution in [0.5, 0.6) is 5.75 Å². The van der Waals surface area contributed by atoms with Crippen LogP contribution >= 0.6 is 11.6 Å². The van der Waals surface area contributed by atoms with E-state index in [1.165, 1.54) is 0 Å². The SMILES string of the molecule is O=C(c1ccnc(N2CCCC2)n1)N1CCC(Oc2ccc(Cl)cc2)CC1. The van der Waals surface area contributed by atoms with Gasteiger partial charge in [0.25, 0.3) is 5.91 Å². The van der Waals surface area contributed by atoms with Crippen molar-refractivity contribution in [1.82, 2.24) is 14.9 Å². The van der Waals surface area contributed by atoms with E-state index in [2.05, 4.69) is 14.9 Å². The van der Waals surface area contributed by atoms with Gasteiger partial charge in [0, 0.05) is 50.2 Å². The molecule has 0 unspecified atom stereocenters.